The molecule has 2 amide bonds. The molecule has 0 aliphatic carbocycles. The molecule has 0 unspecified atom stereocenters. The molecule has 1 fully saturated rings. The standard InChI is InChI=1S/C22H18ClF2N4O6/c1-27(14-5-4-6-15-13(14)11-33-22(24,25)35-15)17(30)10-29-20(31)12-9-16(34-18(12)19(23)26-29)21(32)28-7-2-3-8-28/h4-6,9,11H,2-3,7-8,10H2,1H3. The van der Waals surface area contributed by atoms with E-state index in [-0.39, 0.29) is 44.8 Å². The van der Waals surface area contributed by atoms with E-state index >= 15 is 0 Å². The van der Waals surface area contributed by atoms with Crippen molar-refractivity contribution in [2.75, 3.05) is 25.0 Å². The Morgan fingerprint density at radius 1 is 1.26 bits per heavy atom. The van der Waals surface area contributed by atoms with Crippen molar-refractivity contribution < 1.29 is 32.3 Å². The summed E-state index contributed by atoms with van der Waals surface area (Å²) in [4.78, 5) is 41.4. The van der Waals surface area contributed by atoms with Crippen molar-refractivity contribution in [3.05, 3.63) is 57.7 Å². The Hall–Kier alpha value is -3.51. The molecule has 0 saturated carbocycles. The van der Waals surface area contributed by atoms with Crippen LogP contribution in [0.3, 0.4) is 0 Å². The lowest BCUT2D eigenvalue weighted by Crippen LogP contribution is -2.37. The number of alkyl halides is 2. The largest absolute Gasteiger partial charge is 0.535 e. The van der Waals surface area contributed by atoms with Gasteiger partial charge in [0.1, 0.15) is 18.9 Å². The third-order valence-electron chi connectivity index (χ3n) is 5.80. The number of anilines is 1. The van der Waals surface area contributed by atoms with Crippen LogP contribution < -0.4 is 15.2 Å². The minimum Gasteiger partial charge on any atom is -0.447 e. The molecule has 13 heteroatoms. The summed E-state index contributed by atoms with van der Waals surface area (Å²) in [5, 5.41) is 3.76. The van der Waals surface area contributed by atoms with Crippen LogP contribution in [0.4, 0.5) is 14.5 Å². The van der Waals surface area contributed by atoms with Gasteiger partial charge in [0.2, 0.25) is 5.91 Å². The number of rotatable bonds is 4. The van der Waals surface area contributed by atoms with Gasteiger partial charge in [0.25, 0.3) is 11.5 Å². The Bertz CT molecular complexity index is 1400. The number of ether oxygens (including phenoxy) is 2. The van der Waals surface area contributed by atoms with E-state index in [0.717, 1.165) is 29.0 Å². The molecular formula is C22H18ClF2N4O6. The van der Waals surface area contributed by atoms with Crippen molar-refractivity contribution in [3.8, 4) is 5.75 Å². The van der Waals surface area contributed by atoms with E-state index in [1.807, 2.05) is 0 Å². The van der Waals surface area contributed by atoms with Gasteiger partial charge in [0.05, 0.1) is 16.6 Å². The minimum atomic E-state index is -3.82. The smallest absolute Gasteiger partial charge is 0.447 e. The van der Waals surface area contributed by atoms with Gasteiger partial charge in [-0.25, -0.2) is 4.68 Å². The lowest BCUT2D eigenvalue weighted by molar-refractivity contribution is -0.344. The number of benzene rings is 1. The van der Waals surface area contributed by atoms with Crippen LogP contribution in [0.15, 0.2) is 33.5 Å². The normalized spacial score (nSPS) is 16.7. The molecule has 35 heavy (non-hydrogen) atoms. The number of hydrogen-bond donors (Lipinski definition) is 0. The Morgan fingerprint density at radius 2 is 2.00 bits per heavy atom. The first-order valence-electron chi connectivity index (χ1n) is 10.6. The lowest BCUT2D eigenvalue weighted by Gasteiger charge is -2.28. The monoisotopic (exact) mass is 507 g/mol. The van der Waals surface area contributed by atoms with E-state index in [1.165, 1.54) is 31.3 Å². The molecule has 5 rings (SSSR count). The van der Waals surface area contributed by atoms with Gasteiger partial charge in [0, 0.05) is 26.2 Å². The zero-order chi connectivity index (χ0) is 24.9. The summed E-state index contributed by atoms with van der Waals surface area (Å²) in [6.45, 7) is 1.48. The van der Waals surface area contributed by atoms with Gasteiger partial charge in [0.15, 0.2) is 16.5 Å². The number of carbonyl (C=O) groups is 2. The van der Waals surface area contributed by atoms with Gasteiger partial charge in [-0.1, -0.05) is 17.7 Å². The van der Waals surface area contributed by atoms with E-state index in [2.05, 4.69) is 14.6 Å². The molecular weight excluding hydrogens is 490 g/mol. The number of halogens is 3. The summed E-state index contributed by atoms with van der Waals surface area (Å²) >= 11 is 6.19. The second-order valence-corrected chi connectivity index (χ2v) is 8.41. The van der Waals surface area contributed by atoms with Crippen molar-refractivity contribution >= 4 is 40.1 Å². The predicted molar refractivity (Wildman–Crippen MR) is 118 cm³/mol. The highest BCUT2D eigenvalue weighted by atomic mass is 35.5. The summed E-state index contributed by atoms with van der Waals surface area (Å²) in [7, 11) is 1.40. The molecule has 0 spiro atoms. The molecule has 0 atom stereocenters. The van der Waals surface area contributed by atoms with Crippen molar-refractivity contribution in [1.82, 2.24) is 14.7 Å². The zero-order valence-corrected chi connectivity index (χ0v) is 19.1. The molecule has 0 N–H and O–H groups in total. The molecule has 183 valence electrons. The number of likely N-dealkylation sites (N-methyl/N-ethyl adjacent to an activating group) is 1. The summed E-state index contributed by atoms with van der Waals surface area (Å²) < 4.78 is 41.9. The number of carbonyl (C=O) groups excluding carboxylic acids is 2. The molecule has 10 nitrogen and oxygen atoms in total. The van der Waals surface area contributed by atoms with Crippen molar-refractivity contribution in [1.29, 1.82) is 0 Å². The fourth-order valence-electron chi connectivity index (χ4n) is 4.01. The summed E-state index contributed by atoms with van der Waals surface area (Å²) in [6, 6.07) is 5.55. The number of fused-ring (bicyclic) bond motifs is 2. The first-order valence-corrected chi connectivity index (χ1v) is 11.0. The zero-order valence-electron chi connectivity index (χ0n) is 18.3. The summed E-state index contributed by atoms with van der Waals surface area (Å²) in [6.07, 6.45) is -2.04. The number of furan rings is 1. The Balaban J connectivity index is 1.42. The van der Waals surface area contributed by atoms with Gasteiger partial charge in [-0.3, -0.25) is 19.1 Å². The molecule has 0 bridgehead atoms. The molecule has 1 aromatic carbocycles. The maximum atomic E-state index is 13.4. The van der Waals surface area contributed by atoms with E-state index < -0.39 is 24.3 Å². The summed E-state index contributed by atoms with van der Waals surface area (Å²) in [5.74, 6) is -1.17. The van der Waals surface area contributed by atoms with Crippen LogP contribution in [-0.2, 0) is 16.1 Å². The average molecular weight is 508 g/mol. The van der Waals surface area contributed by atoms with Gasteiger partial charge >= 0.3 is 6.29 Å². The minimum absolute atomic E-state index is 0.0115. The molecule has 1 radical (unpaired) electrons. The molecule has 3 aromatic rings. The van der Waals surface area contributed by atoms with Gasteiger partial charge < -0.3 is 19.0 Å². The highest BCUT2D eigenvalue weighted by molar-refractivity contribution is 6.33. The van der Waals surface area contributed by atoms with Crippen LogP contribution in [0.25, 0.3) is 11.0 Å². The average Bonchev–Trinajstić information content (AvgIpc) is 3.51. The predicted octanol–water partition coefficient (Wildman–Crippen LogP) is 3.01. The number of amides is 2. The molecule has 1 saturated heterocycles. The first kappa shape index (κ1) is 23.2. The van der Waals surface area contributed by atoms with Gasteiger partial charge in [-0.05, 0) is 25.0 Å². The van der Waals surface area contributed by atoms with E-state index in [9.17, 15) is 23.2 Å². The Morgan fingerprint density at radius 3 is 2.74 bits per heavy atom. The second-order valence-electron chi connectivity index (χ2n) is 8.05. The maximum absolute atomic E-state index is 13.4. The first-order chi connectivity index (χ1) is 16.6. The van der Waals surface area contributed by atoms with Crippen molar-refractivity contribution in [3.63, 3.8) is 0 Å². The second kappa shape index (κ2) is 8.61. The van der Waals surface area contributed by atoms with Crippen molar-refractivity contribution in [2.24, 2.45) is 0 Å². The number of likely N-dealkylation sites (tertiary alicyclic amines) is 1. The number of aromatic nitrogens is 2. The Kier molecular flexibility index (Phi) is 5.72. The van der Waals surface area contributed by atoms with Crippen LogP contribution in [0.5, 0.6) is 5.75 Å². The SMILES string of the molecule is CN(C(=O)Cn1nc(Cl)c2oc(C(=O)N3CCCC3)cc2c1=O)c1cccc2c1[CH]OC(F)(F)O2. The highest BCUT2D eigenvalue weighted by Gasteiger charge is 2.40. The van der Waals surface area contributed by atoms with Crippen LogP contribution in [0, 0.1) is 6.61 Å². The van der Waals surface area contributed by atoms with E-state index in [4.69, 9.17) is 16.0 Å². The van der Waals surface area contributed by atoms with Crippen LogP contribution in [-0.4, -0.2) is 52.9 Å². The number of hydrogen-bond acceptors (Lipinski definition) is 7. The topological polar surface area (TPSA) is 107 Å². The highest BCUT2D eigenvalue weighted by Crippen LogP contribution is 2.39. The molecule has 4 heterocycles. The third kappa shape index (κ3) is 4.23. The summed E-state index contributed by atoms with van der Waals surface area (Å²) in [5.41, 5.74) is -0.380. The van der Waals surface area contributed by atoms with E-state index in [1.54, 1.807) is 4.90 Å². The van der Waals surface area contributed by atoms with Crippen LogP contribution >= 0.6 is 11.6 Å². The maximum Gasteiger partial charge on any atom is 0.535 e. The molecule has 2 aliphatic rings. The molecule has 2 aromatic heterocycles. The van der Waals surface area contributed by atoms with Crippen LogP contribution in [0.1, 0.15) is 29.0 Å². The quantitative estimate of drug-likeness (QED) is 0.534. The van der Waals surface area contributed by atoms with Crippen molar-refractivity contribution in [2.45, 2.75) is 25.7 Å². The fourth-order valence-corrected chi connectivity index (χ4v) is 4.24. The molecule has 2 aliphatic heterocycles. The third-order valence-corrected chi connectivity index (χ3v) is 6.05. The van der Waals surface area contributed by atoms with E-state index in [0.29, 0.717) is 13.1 Å². The Labute approximate surface area is 201 Å². The fraction of sp³-hybridized carbons (Fsp3) is 0.318. The lowest BCUT2D eigenvalue weighted by atomic mass is 10.1. The van der Waals surface area contributed by atoms with Crippen LogP contribution in [0.2, 0.25) is 5.15 Å². The van der Waals surface area contributed by atoms with Gasteiger partial charge in [-0.2, -0.15) is 5.10 Å². The van der Waals surface area contributed by atoms with Gasteiger partial charge in [-0.15, -0.1) is 8.78 Å². The number of nitrogens with zero attached hydrogens (tertiary/aromatic N) is 4.